The van der Waals surface area contributed by atoms with Gasteiger partial charge in [-0.25, -0.2) is 9.37 Å². The van der Waals surface area contributed by atoms with Crippen molar-refractivity contribution < 1.29 is 14.0 Å². The molecule has 0 aliphatic carbocycles. The number of aryl methyl sites for hydroxylation is 1. The Morgan fingerprint density at radius 3 is 2.67 bits per heavy atom. The van der Waals surface area contributed by atoms with E-state index in [1.165, 1.54) is 13.0 Å². The molecule has 0 radical (unpaired) electrons. The molecule has 9 heteroatoms. The fourth-order valence-corrected chi connectivity index (χ4v) is 3.95. The van der Waals surface area contributed by atoms with E-state index in [9.17, 15) is 9.59 Å². The van der Waals surface area contributed by atoms with Crippen molar-refractivity contribution in [1.82, 2.24) is 19.7 Å². The Labute approximate surface area is 175 Å². The zero-order chi connectivity index (χ0) is 22.2. The summed E-state index contributed by atoms with van der Waals surface area (Å²) in [6, 6.07) is -0.0458. The van der Waals surface area contributed by atoms with Gasteiger partial charge in [-0.2, -0.15) is 5.10 Å². The third-order valence-electron chi connectivity index (χ3n) is 5.78. The van der Waals surface area contributed by atoms with Crippen LogP contribution in [-0.2, 0) is 11.8 Å². The quantitative estimate of drug-likeness (QED) is 0.755. The van der Waals surface area contributed by atoms with Crippen molar-refractivity contribution in [2.24, 2.45) is 12.8 Å². The van der Waals surface area contributed by atoms with Gasteiger partial charge in [-0.15, -0.1) is 0 Å². The molecule has 8 nitrogen and oxygen atoms in total. The zero-order valence-electron chi connectivity index (χ0n) is 17.7. The van der Waals surface area contributed by atoms with Gasteiger partial charge in [0, 0.05) is 50.0 Å². The predicted octanol–water partition coefficient (Wildman–Crippen LogP) is 2.03. The lowest BCUT2D eigenvalue weighted by atomic mass is 9.97. The molecule has 1 fully saturated rings. The van der Waals surface area contributed by atoms with Crippen LogP contribution in [0.15, 0.2) is 25.0 Å². The van der Waals surface area contributed by atoms with E-state index in [0.29, 0.717) is 17.8 Å². The van der Waals surface area contributed by atoms with Crippen LogP contribution in [0.3, 0.4) is 0 Å². The number of hydrogen-bond acceptors (Lipinski definition) is 5. The number of likely N-dealkylation sites (N-methyl/N-ethyl adjacent to an activating group) is 1. The summed E-state index contributed by atoms with van der Waals surface area (Å²) in [7, 11) is 3.49. The van der Waals surface area contributed by atoms with Crippen molar-refractivity contribution in [3.8, 4) is 11.3 Å². The summed E-state index contributed by atoms with van der Waals surface area (Å²) in [5.41, 5.74) is 6.59. The van der Waals surface area contributed by atoms with Crippen LogP contribution in [0.5, 0.6) is 0 Å². The topological polar surface area (TPSA) is 97.3 Å². The summed E-state index contributed by atoms with van der Waals surface area (Å²) in [4.78, 5) is 32.2. The summed E-state index contributed by atoms with van der Waals surface area (Å²) in [6.45, 7) is 7.51. The van der Waals surface area contributed by atoms with Gasteiger partial charge < -0.3 is 15.5 Å². The van der Waals surface area contributed by atoms with Crippen molar-refractivity contribution >= 4 is 17.6 Å². The number of nitrogens with zero attached hydrogens (tertiary/aromatic N) is 5. The maximum Gasteiger partial charge on any atom is 0.251 e. The minimum atomic E-state index is -0.749. The van der Waals surface area contributed by atoms with Crippen LogP contribution in [0.25, 0.3) is 11.3 Å². The van der Waals surface area contributed by atoms with E-state index in [-0.39, 0.29) is 34.9 Å². The highest BCUT2D eigenvalue weighted by atomic mass is 19.1. The van der Waals surface area contributed by atoms with Crippen LogP contribution in [0.1, 0.15) is 35.7 Å². The van der Waals surface area contributed by atoms with E-state index in [4.69, 9.17) is 5.73 Å². The zero-order valence-corrected chi connectivity index (χ0v) is 17.7. The number of hydrogen-bond donors (Lipinski definition) is 1. The van der Waals surface area contributed by atoms with Crippen LogP contribution >= 0.6 is 0 Å². The summed E-state index contributed by atoms with van der Waals surface area (Å²) in [5, 5.41) is 4.12. The Balaban J connectivity index is 2.05. The molecule has 0 aromatic carbocycles. The Morgan fingerprint density at radius 1 is 1.40 bits per heavy atom. The molecule has 0 saturated carbocycles. The molecule has 160 valence electrons. The smallest absolute Gasteiger partial charge is 0.251 e. The number of anilines is 1. The molecule has 30 heavy (non-hydrogen) atoms. The fourth-order valence-electron chi connectivity index (χ4n) is 3.95. The Kier molecular flexibility index (Phi) is 5.91. The lowest BCUT2D eigenvalue weighted by molar-refractivity contribution is -0.129. The van der Waals surface area contributed by atoms with Gasteiger partial charge in [0.25, 0.3) is 5.91 Å². The van der Waals surface area contributed by atoms with E-state index >= 15 is 4.39 Å². The van der Waals surface area contributed by atoms with E-state index < -0.39 is 11.7 Å². The normalized spacial score (nSPS) is 18.9. The van der Waals surface area contributed by atoms with E-state index in [1.807, 2.05) is 6.92 Å². The fraction of sp³-hybridized carbons (Fsp3) is 0.429. The van der Waals surface area contributed by atoms with Crippen molar-refractivity contribution in [2.75, 3.05) is 18.5 Å². The lowest BCUT2D eigenvalue weighted by Crippen LogP contribution is -2.52. The molecule has 2 aromatic heterocycles. The van der Waals surface area contributed by atoms with Crippen LogP contribution in [0.4, 0.5) is 10.2 Å². The van der Waals surface area contributed by atoms with Gasteiger partial charge in [0.2, 0.25) is 5.91 Å². The summed E-state index contributed by atoms with van der Waals surface area (Å²) < 4.78 is 16.9. The number of aromatic nitrogens is 3. The first-order valence-electron chi connectivity index (χ1n) is 9.80. The van der Waals surface area contributed by atoms with Crippen molar-refractivity contribution in [1.29, 1.82) is 0 Å². The Hall–Kier alpha value is -3.23. The minimum absolute atomic E-state index is 0.0402. The number of likely N-dealkylation sites (tertiary alicyclic amines) is 1. The van der Waals surface area contributed by atoms with Gasteiger partial charge >= 0.3 is 0 Å². The number of amides is 2. The number of carbonyl (C=O) groups excluding carboxylic acids is 2. The summed E-state index contributed by atoms with van der Waals surface area (Å²) >= 11 is 0. The van der Waals surface area contributed by atoms with Gasteiger partial charge in [-0.05, 0) is 32.8 Å². The highest BCUT2D eigenvalue weighted by Crippen LogP contribution is 2.32. The second kappa shape index (κ2) is 8.25. The van der Waals surface area contributed by atoms with Gasteiger partial charge in [-0.3, -0.25) is 14.3 Å². The summed E-state index contributed by atoms with van der Waals surface area (Å²) in [5.74, 6) is -1.38. The molecule has 1 aliphatic heterocycles. The average Bonchev–Trinajstić information content (AvgIpc) is 3.14. The maximum absolute atomic E-state index is 15.3. The second-order valence-corrected chi connectivity index (χ2v) is 7.75. The van der Waals surface area contributed by atoms with Gasteiger partial charge in [0.15, 0.2) is 11.6 Å². The lowest BCUT2D eigenvalue weighted by Gasteiger charge is -2.41. The number of halogens is 1. The number of piperidine rings is 1. The first-order chi connectivity index (χ1) is 14.1. The largest absolute Gasteiger partial charge is 0.366 e. The van der Waals surface area contributed by atoms with Crippen LogP contribution in [0, 0.1) is 12.7 Å². The van der Waals surface area contributed by atoms with Crippen LogP contribution in [-0.4, -0.2) is 57.2 Å². The van der Waals surface area contributed by atoms with E-state index in [1.54, 1.807) is 41.0 Å². The number of carbonyl (C=O) groups is 2. The number of primary amides is 1. The molecule has 2 N–H and O–H groups in total. The molecule has 2 amide bonds. The van der Waals surface area contributed by atoms with E-state index in [2.05, 4.69) is 16.7 Å². The molecule has 1 aliphatic rings. The highest BCUT2D eigenvalue weighted by molar-refractivity contribution is 6.00. The standard InChI is InChI=1S/C21H27FN6O2/c1-6-16(29)28-11-15(8-7-12(28)2)27(5)21-18(22)13(3)17(20(23)30)19(25-21)14-9-24-26(4)10-14/h6,9-10,12,15H,1,7-8,11H2,2-5H3,(H2,23,30)/t12-,15-/m1/s1. The van der Waals surface area contributed by atoms with Gasteiger partial charge in [-0.1, -0.05) is 6.58 Å². The van der Waals surface area contributed by atoms with E-state index in [0.717, 1.165) is 12.8 Å². The maximum atomic E-state index is 15.3. The monoisotopic (exact) mass is 414 g/mol. The Bertz CT molecular complexity index is 1000. The average molecular weight is 414 g/mol. The minimum Gasteiger partial charge on any atom is -0.366 e. The molecule has 3 rings (SSSR count). The first kappa shape index (κ1) is 21.5. The SMILES string of the molecule is C=CC(=O)N1C[C@H](N(C)c2nc(-c3cnn(C)c3)c(C(N)=O)c(C)c2F)CC[C@H]1C. The number of pyridine rings is 1. The third kappa shape index (κ3) is 3.79. The number of nitrogens with two attached hydrogens (primary N) is 1. The first-order valence-corrected chi connectivity index (χ1v) is 9.80. The third-order valence-corrected chi connectivity index (χ3v) is 5.78. The molecular formula is C21H27FN6O2. The molecule has 2 aromatic rings. The number of rotatable bonds is 5. The highest BCUT2D eigenvalue weighted by Gasteiger charge is 2.33. The molecular weight excluding hydrogens is 387 g/mol. The molecule has 0 spiro atoms. The van der Waals surface area contributed by atoms with Gasteiger partial charge in [0.1, 0.15) is 0 Å². The van der Waals surface area contributed by atoms with Crippen LogP contribution < -0.4 is 10.6 Å². The second-order valence-electron chi connectivity index (χ2n) is 7.75. The Morgan fingerprint density at radius 2 is 2.10 bits per heavy atom. The molecule has 1 saturated heterocycles. The predicted molar refractivity (Wildman–Crippen MR) is 112 cm³/mol. The van der Waals surface area contributed by atoms with Crippen molar-refractivity contribution in [3.05, 3.63) is 42.0 Å². The summed E-state index contributed by atoms with van der Waals surface area (Å²) in [6.07, 6.45) is 6.11. The molecule has 2 atom stereocenters. The molecule has 3 heterocycles. The van der Waals surface area contributed by atoms with Crippen molar-refractivity contribution in [3.63, 3.8) is 0 Å². The molecule has 0 unspecified atom stereocenters. The van der Waals surface area contributed by atoms with Gasteiger partial charge in [0.05, 0.1) is 17.5 Å². The van der Waals surface area contributed by atoms with Crippen molar-refractivity contribution in [2.45, 2.75) is 38.8 Å². The molecule has 0 bridgehead atoms. The van der Waals surface area contributed by atoms with Crippen LogP contribution in [0.2, 0.25) is 0 Å².